The number of hydrogen-bond donors (Lipinski definition) is 0. The molecule has 3 aromatic rings. The fourth-order valence-corrected chi connectivity index (χ4v) is 5.82. The van der Waals surface area contributed by atoms with Crippen molar-refractivity contribution in [2.45, 2.75) is 37.6 Å². The van der Waals surface area contributed by atoms with E-state index in [2.05, 4.69) is 4.98 Å². The van der Waals surface area contributed by atoms with Crippen molar-refractivity contribution in [3.8, 4) is 0 Å². The molecule has 1 amide bonds. The molecule has 1 aliphatic rings. The van der Waals surface area contributed by atoms with Gasteiger partial charge in [0.15, 0.2) is 0 Å². The van der Waals surface area contributed by atoms with E-state index in [1.165, 1.54) is 4.31 Å². The number of imidazole rings is 1. The van der Waals surface area contributed by atoms with Gasteiger partial charge < -0.3 is 9.47 Å². The average Bonchev–Trinajstić information content (AvgIpc) is 3.20. The van der Waals surface area contributed by atoms with Gasteiger partial charge >= 0.3 is 0 Å². The Labute approximate surface area is 195 Å². The first kappa shape index (κ1) is 23.2. The molecule has 1 atom stereocenters. The van der Waals surface area contributed by atoms with E-state index in [4.69, 9.17) is 0 Å². The van der Waals surface area contributed by atoms with Crippen LogP contribution in [0.3, 0.4) is 0 Å². The molecule has 33 heavy (non-hydrogen) atoms. The van der Waals surface area contributed by atoms with Crippen molar-refractivity contribution < 1.29 is 13.2 Å². The monoisotopic (exact) mass is 466 g/mol. The molecule has 1 fully saturated rings. The lowest BCUT2D eigenvalue weighted by Gasteiger charge is -2.27. The number of benzene rings is 2. The molecule has 8 heteroatoms. The van der Waals surface area contributed by atoms with Crippen molar-refractivity contribution >= 4 is 15.9 Å². The summed E-state index contributed by atoms with van der Waals surface area (Å²) in [5, 5.41) is 0. The smallest absolute Gasteiger partial charge is 0.253 e. The van der Waals surface area contributed by atoms with E-state index in [1.807, 2.05) is 70.3 Å². The Kier molecular flexibility index (Phi) is 7.25. The lowest BCUT2D eigenvalue weighted by atomic mass is 10.1. The fraction of sp³-hybridized carbons (Fsp3) is 0.360. The molecule has 1 aromatic heterocycles. The molecule has 0 radical (unpaired) electrons. The molecule has 0 saturated carbocycles. The van der Waals surface area contributed by atoms with E-state index in [9.17, 15) is 13.2 Å². The molecule has 0 N–H and O–H groups in total. The van der Waals surface area contributed by atoms with Gasteiger partial charge in [-0.05, 0) is 42.5 Å². The molecular weight excluding hydrogens is 436 g/mol. The minimum Gasteiger partial charge on any atom is -0.339 e. The van der Waals surface area contributed by atoms with Crippen LogP contribution in [0, 0.1) is 0 Å². The number of sulfonamides is 1. The quantitative estimate of drug-likeness (QED) is 0.535. The first-order chi connectivity index (χ1) is 15.9. The third-order valence-corrected chi connectivity index (χ3v) is 8.10. The number of aromatic nitrogens is 2. The van der Waals surface area contributed by atoms with Crippen LogP contribution in [-0.2, 0) is 22.3 Å². The van der Waals surface area contributed by atoms with Gasteiger partial charge in [0.2, 0.25) is 10.0 Å². The maximum Gasteiger partial charge on any atom is 0.253 e. The maximum atomic E-state index is 13.2. The predicted octanol–water partition coefficient (Wildman–Crippen LogP) is 3.39. The second-order valence-corrected chi connectivity index (χ2v) is 10.6. The van der Waals surface area contributed by atoms with Crippen molar-refractivity contribution in [2.75, 3.05) is 20.1 Å². The summed E-state index contributed by atoms with van der Waals surface area (Å²) in [6.07, 6.45) is 7.54. The first-order valence-corrected chi connectivity index (χ1v) is 12.9. The Balaban J connectivity index is 1.39. The molecule has 0 bridgehead atoms. The third kappa shape index (κ3) is 5.89. The zero-order chi connectivity index (χ0) is 23.3. The Bertz CT molecular complexity index is 1160. The summed E-state index contributed by atoms with van der Waals surface area (Å²) < 4.78 is 29.4. The van der Waals surface area contributed by atoms with E-state index in [1.54, 1.807) is 19.6 Å². The van der Waals surface area contributed by atoms with Crippen LogP contribution >= 0.6 is 0 Å². The molecular formula is C25H30N4O3S. The van der Waals surface area contributed by atoms with Gasteiger partial charge in [-0.2, -0.15) is 0 Å². The summed E-state index contributed by atoms with van der Waals surface area (Å²) in [6, 6.07) is 16.8. The summed E-state index contributed by atoms with van der Waals surface area (Å²) in [6.45, 7) is 1.83. The Morgan fingerprint density at radius 3 is 2.61 bits per heavy atom. The molecule has 0 spiro atoms. The predicted molar refractivity (Wildman–Crippen MR) is 128 cm³/mol. The normalized spacial score (nSPS) is 17.2. The topological polar surface area (TPSA) is 75.5 Å². The van der Waals surface area contributed by atoms with Crippen LogP contribution in [-0.4, -0.2) is 59.3 Å². The molecule has 1 unspecified atom stereocenters. The van der Waals surface area contributed by atoms with E-state index in [-0.39, 0.29) is 17.7 Å². The number of rotatable bonds is 7. The minimum absolute atomic E-state index is 0.00192. The number of carbonyl (C=O) groups excluding carboxylic acids is 1. The molecule has 2 aromatic carbocycles. The van der Waals surface area contributed by atoms with Crippen LogP contribution in [0.15, 0.2) is 73.3 Å². The van der Waals surface area contributed by atoms with Crippen molar-refractivity contribution in [2.24, 2.45) is 0 Å². The van der Waals surface area contributed by atoms with Crippen molar-refractivity contribution in [3.63, 3.8) is 0 Å². The summed E-state index contributed by atoms with van der Waals surface area (Å²) in [4.78, 5) is 19.1. The summed E-state index contributed by atoms with van der Waals surface area (Å²) in [5.41, 5.74) is 2.49. The second kappa shape index (κ2) is 10.3. The molecule has 1 aliphatic heterocycles. The van der Waals surface area contributed by atoms with Crippen molar-refractivity contribution in [3.05, 3.63) is 90.0 Å². The lowest BCUT2D eigenvalue weighted by molar-refractivity contribution is 0.0759. The molecule has 1 saturated heterocycles. The largest absolute Gasteiger partial charge is 0.339 e. The Morgan fingerprint density at radius 2 is 1.85 bits per heavy atom. The summed E-state index contributed by atoms with van der Waals surface area (Å²) in [5.74, 6) is -0.00867. The van der Waals surface area contributed by atoms with E-state index in [0.29, 0.717) is 31.6 Å². The highest BCUT2D eigenvalue weighted by molar-refractivity contribution is 7.88. The van der Waals surface area contributed by atoms with Crippen molar-refractivity contribution in [1.29, 1.82) is 0 Å². The summed E-state index contributed by atoms with van der Waals surface area (Å²) >= 11 is 0. The number of nitrogens with zero attached hydrogens (tertiary/aromatic N) is 4. The van der Waals surface area contributed by atoms with Crippen LogP contribution in [0.2, 0.25) is 0 Å². The number of hydrogen-bond acceptors (Lipinski definition) is 4. The van der Waals surface area contributed by atoms with E-state index >= 15 is 0 Å². The van der Waals surface area contributed by atoms with Crippen LogP contribution in [0.1, 0.15) is 40.7 Å². The van der Waals surface area contributed by atoms with Crippen LogP contribution in [0.25, 0.3) is 0 Å². The number of likely N-dealkylation sites (tertiary alicyclic amines) is 1. The molecule has 4 rings (SSSR count). The average molecular weight is 467 g/mol. The van der Waals surface area contributed by atoms with Gasteiger partial charge in [-0.25, -0.2) is 17.7 Å². The van der Waals surface area contributed by atoms with Gasteiger partial charge in [0.05, 0.1) is 12.1 Å². The van der Waals surface area contributed by atoms with Gasteiger partial charge in [0.1, 0.15) is 0 Å². The van der Waals surface area contributed by atoms with Crippen LogP contribution < -0.4 is 0 Å². The molecule has 7 nitrogen and oxygen atoms in total. The van der Waals surface area contributed by atoms with Gasteiger partial charge in [-0.15, -0.1) is 0 Å². The number of amides is 1. The van der Waals surface area contributed by atoms with E-state index < -0.39 is 10.0 Å². The van der Waals surface area contributed by atoms with Gasteiger partial charge in [-0.3, -0.25) is 4.79 Å². The SMILES string of the molecule is CN(C1CCCN(C(=O)c2cccc(Cn3ccnc3)c2)CC1)S(=O)(=O)Cc1ccccc1. The number of carbonyl (C=O) groups is 1. The highest BCUT2D eigenvalue weighted by atomic mass is 32.2. The first-order valence-electron chi connectivity index (χ1n) is 11.3. The third-order valence-electron chi connectivity index (χ3n) is 6.23. The van der Waals surface area contributed by atoms with Crippen LogP contribution in [0.4, 0.5) is 0 Å². The van der Waals surface area contributed by atoms with Gasteiger partial charge in [-0.1, -0.05) is 42.5 Å². The fourth-order valence-electron chi connectivity index (χ4n) is 4.34. The molecule has 0 aliphatic carbocycles. The Hall–Kier alpha value is -2.97. The summed E-state index contributed by atoms with van der Waals surface area (Å²) in [7, 11) is -1.76. The molecule has 174 valence electrons. The minimum atomic E-state index is -3.43. The highest BCUT2D eigenvalue weighted by Crippen LogP contribution is 2.22. The van der Waals surface area contributed by atoms with E-state index in [0.717, 1.165) is 24.0 Å². The van der Waals surface area contributed by atoms with Gasteiger partial charge in [0, 0.05) is 50.7 Å². The van der Waals surface area contributed by atoms with Crippen LogP contribution in [0.5, 0.6) is 0 Å². The second-order valence-electron chi connectivity index (χ2n) is 8.57. The zero-order valence-corrected chi connectivity index (χ0v) is 19.7. The Morgan fingerprint density at radius 1 is 1.06 bits per heavy atom. The molecule has 2 heterocycles. The van der Waals surface area contributed by atoms with Gasteiger partial charge in [0.25, 0.3) is 5.91 Å². The lowest BCUT2D eigenvalue weighted by Crippen LogP contribution is -2.39. The highest BCUT2D eigenvalue weighted by Gasteiger charge is 2.29. The standard InChI is InChI=1S/C25H30N4O3S/c1-27(33(31,32)19-21-7-3-2-4-8-21)24-11-6-14-29(15-12-24)25(30)23-10-5-9-22(17-23)18-28-16-13-26-20-28/h2-5,7-10,13,16-17,20,24H,6,11-12,14-15,18-19H2,1H3. The maximum absolute atomic E-state index is 13.2. The van der Waals surface area contributed by atoms with Crippen molar-refractivity contribution in [1.82, 2.24) is 18.8 Å². The zero-order valence-electron chi connectivity index (χ0n) is 18.9.